The number of anilines is 1. The number of hydrogen-bond donors (Lipinski definition) is 3. The molecule has 1 aliphatic carbocycles. The minimum atomic E-state index is -0.951. The molecule has 174 valence electrons. The van der Waals surface area contributed by atoms with Crippen LogP contribution in [-0.4, -0.2) is 46.1 Å². The second kappa shape index (κ2) is 8.96. The van der Waals surface area contributed by atoms with E-state index in [0.29, 0.717) is 28.6 Å². The van der Waals surface area contributed by atoms with Crippen LogP contribution in [0.1, 0.15) is 38.5 Å². The highest BCUT2D eigenvalue weighted by atomic mass is 19.2. The number of amides is 2. The topological polar surface area (TPSA) is 73.0 Å². The predicted octanol–water partition coefficient (Wildman–Crippen LogP) is 5.18. The van der Waals surface area contributed by atoms with Gasteiger partial charge >= 0.3 is 6.03 Å². The predicted molar refractivity (Wildman–Crippen MR) is 120 cm³/mol. The van der Waals surface area contributed by atoms with Gasteiger partial charge in [0.15, 0.2) is 23.3 Å². The van der Waals surface area contributed by atoms with E-state index in [1.807, 2.05) is 4.90 Å². The standard InChI is InChI=1S/C24H26F3N5O/c25-18-6-7-21(17-13-28-22-12-20(27)19(26)11-16(17)22)31-23(18)29-14-4-3-5-15(10-14)30-24(33)32-8-1-2-9-32/h6-7,11-15,28H,1-5,8-10H2,(H,29,31)(H,30,33)/t14-,15+/m0/s1. The van der Waals surface area contributed by atoms with E-state index in [1.165, 1.54) is 12.1 Å². The zero-order valence-electron chi connectivity index (χ0n) is 18.1. The van der Waals surface area contributed by atoms with E-state index in [9.17, 15) is 18.0 Å². The zero-order chi connectivity index (χ0) is 22.9. The van der Waals surface area contributed by atoms with Crippen LogP contribution in [0.15, 0.2) is 30.5 Å². The Morgan fingerprint density at radius 3 is 2.58 bits per heavy atom. The van der Waals surface area contributed by atoms with Crippen molar-refractivity contribution in [3.8, 4) is 11.3 Å². The summed E-state index contributed by atoms with van der Waals surface area (Å²) in [4.78, 5) is 21.6. The molecule has 2 atom stereocenters. The summed E-state index contributed by atoms with van der Waals surface area (Å²) in [5, 5.41) is 6.79. The molecule has 0 radical (unpaired) electrons. The van der Waals surface area contributed by atoms with E-state index in [0.717, 1.165) is 57.3 Å². The number of rotatable bonds is 4. The number of aromatic nitrogens is 2. The van der Waals surface area contributed by atoms with E-state index in [-0.39, 0.29) is 23.9 Å². The maximum absolute atomic E-state index is 14.6. The Kier molecular flexibility index (Phi) is 5.86. The number of benzene rings is 1. The number of urea groups is 1. The van der Waals surface area contributed by atoms with Gasteiger partial charge in [-0.1, -0.05) is 0 Å². The Morgan fingerprint density at radius 2 is 1.76 bits per heavy atom. The summed E-state index contributed by atoms with van der Waals surface area (Å²) in [7, 11) is 0. The molecule has 5 rings (SSSR count). The molecule has 33 heavy (non-hydrogen) atoms. The van der Waals surface area contributed by atoms with Crippen molar-refractivity contribution in [1.82, 2.24) is 20.2 Å². The lowest BCUT2D eigenvalue weighted by Gasteiger charge is -2.32. The number of halogens is 3. The molecule has 3 heterocycles. The highest BCUT2D eigenvalue weighted by Crippen LogP contribution is 2.31. The fourth-order valence-corrected chi connectivity index (χ4v) is 4.85. The lowest BCUT2D eigenvalue weighted by Crippen LogP contribution is -2.47. The van der Waals surface area contributed by atoms with Gasteiger partial charge in [0, 0.05) is 53.9 Å². The molecule has 6 nitrogen and oxygen atoms in total. The second-order valence-corrected chi connectivity index (χ2v) is 8.89. The summed E-state index contributed by atoms with van der Waals surface area (Å²) in [6.07, 6.45) is 7.03. The van der Waals surface area contributed by atoms with Crippen molar-refractivity contribution in [2.75, 3.05) is 18.4 Å². The number of carbonyl (C=O) groups excluding carboxylic acids is 1. The molecular weight excluding hydrogens is 431 g/mol. The molecule has 0 unspecified atom stereocenters. The number of H-pyrrole nitrogens is 1. The molecular formula is C24H26F3N5O. The Balaban J connectivity index is 1.31. The van der Waals surface area contributed by atoms with E-state index >= 15 is 0 Å². The van der Waals surface area contributed by atoms with Crippen LogP contribution in [0.3, 0.4) is 0 Å². The van der Waals surface area contributed by atoms with Crippen molar-refractivity contribution in [1.29, 1.82) is 0 Å². The lowest BCUT2D eigenvalue weighted by molar-refractivity contribution is 0.199. The smallest absolute Gasteiger partial charge is 0.317 e. The van der Waals surface area contributed by atoms with Gasteiger partial charge in [-0.15, -0.1) is 0 Å². The molecule has 0 bridgehead atoms. The molecule has 2 aromatic heterocycles. The summed E-state index contributed by atoms with van der Waals surface area (Å²) in [6, 6.07) is 5.02. The Bertz CT molecular complexity index is 1170. The van der Waals surface area contributed by atoms with Crippen LogP contribution in [0.5, 0.6) is 0 Å². The quantitative estimate of drug-likeness (QED) is 0.506. The monoisotopic (exact) mass is 457 g/mol. The molecule has 3 aromatic rings. The van der Waals surface area contributed by atoms with Gasteiger partial charge < -0.3 is 20.5 Å². The van der Waals surface area contributed by atoms with E-state index in [2.05, 4.69) is 20.6 Å². The SMILES string of the molecule is O=C(N[C@@H]1CCC[C@H](Nc2nc(-c3c[nH]c4cc(F)c(F)cc34)ccc2F)C1)N1CCCC1. The molecule has 2 aliphatic rings. The Hall–Kier alpha value is -3.23. The first kappa shape index (κ1) is 21.6. The minimum Gasteiger partial charge on any atom is -0.365 e. The fraction of sp³-hybridized carbons (Fsp3) is 0.417. The molecule has 1 aromatic carbocycles. The number of nitrogens with one attached hydrogen (secondary N) is 3. The summed E-state index contributed by atoms with van der Waals surface area (Å²) in [5.41, 5.74) is 1.45. The van der Waals surface area contributed by atoms with Gasteiger partial charge in [0.25, 0.3) is 0 Å². The van der Waals surface area contributed by atoms with Gasteiger partial charge in [0.05, 0.1) is 5.69 Å². The van der Waals surface area contributed by atoms with Crippen molar-refractivity contribution in [2.45, 2.75) is 50.6 Å². The second-order valence-electron chi connectivity index (χ2n) is 8.89. The Morgan fingerprint density at radius 1 is 1.00 bits per heavy atom. The summed E-state index contributed by atoms with van der Waals surface area (Å²) in [5.74, 6) is -2.26. The van der Waals surface area contributed by atoms with Crippen LogP contribution in [-0.2, 0) is 0 Å². The first-order valence-corrected chi connectivity index (χ1v) is 11.4. The van der Waals surface area contributed by atoms with Gasteiger partial charge in [-0.3, -0.25) is 0 Å². The maximum Gasteiger partial charge on any atom is 0.317 e. The first-order valence-electron chi connectivity index (χ1n) is 11.4. The molecule has 3 N–H and O–H groups in total. The highest BCUT2D eigenvalue weighted by molar-refractivity contribution is 5.94. The average Bonchev–Trinajstić information content (AvgIpc) is 3.47. The number of likely N-dealkylation sites (tertiary alicyclic amines) is 1. The van der Waals surface area contributed by atoms with Gasteiger partial charge in [-0.25, -0.2) is 22.9 Å². The Labute approximate surface area is 189 Å². The van der Waals surface area contributed by atoms with Gasteiger partial charge in [0.1, 0.15) is 0 Å². The number of nitrogens with zero attached hydrogens (tertiary/aromatic N) is 2. The van der Waals surface area contributed by atoms with Crippen LogP contribution in [0.25, 0.3) is 22.2 Å². The third-order valence-corrected chi connectivity index (χ3v) is 6.58. The van der Waals surface area contributed by atoms with E-state index in [1.54, 1.807) is 6.20 Å². The third kappa shape index (κ3) is 4.49. The average molecular weight is 458 g/mol. The largest absolute Gasteiger partial charge is 0.365 e. The summed E-state index contributed by atoms with van der Waals surface area (Å²) >= 11 is 0. The summed E-state index contributed by atoms with van der Waals surface area (Å²) in [6.45, 7) is 1.60. The van der Waals surface area contributed by atoms with E-state index < -0.39 is 17.5 Å². The summed E-state index contributed by atoms with van der Waals surface area (Å²) < 4.78 is 41.9. The van der Waals surface area contributed by atoms with Crippen LogP contribution in [0.2, 0.25) is 0 Å². The number of pyridine rings is 1. The molecule has 1 saturated carbocycles. The molecule has 1 saturated heterocycles. The molecule has 1 aliphatic heterocycles. The molecule has 0 spiro atoms. The normalized spacial score (nSPS) is 20.9. The van der Waals surface area contributed by atoms with Crippen LogP contribution in [0, 0.1) is 17.5 Å². The van der Waals surface area contributed by atoms with Crippen LogP contribution in [0.4, 0.5) is 23.8 Å². The number of hydrogen-bond acceptors (Lipinski definition) is 3. The molecule has 2 fully saturated rings. The highest BCUT2D eigenvalue weighted by Gasteiger charge is 2.27. The number of carbonyl (C=O) groups is 1. The van der Waals surface area contributed by atoms with E-state index in [4.69, 9.17) is 0 Å². The lowest BCUT2D eigenvalue weighted by atomic mass is 9.91. The van der Waals surface area contributed by atoms with Crippen molar-refractivity contribution in [2.24, 2.45) is 0 Å². The van der Waals surface area contributed by atoms with Crippen molar-refractivity contribution in [3.63, 3.8) is 0 Å². The maximum atomic E-state index is 14.6. The minimum absolute atomic E-state index is 0.0209. The fourth-order valence-electron chi connectivity index (χ4n) is 4.85. The van der Waals surface area contributed by atoms with Crippen molar-refractivity contribution in [3.05, 3.63) is 47.9 Å². The molecule has 2 amide bonds. The van der Waals surface area contributed by atoms with Crippen molar-refractivity contribution >= 4 is 22.8 Å². The number of aromatic amines is 1. The third-order valence-electron chi connectivity index (χ3n) is 6.58. The number of fused-ring (bicyclic) bond motifs is 1. The van der Waals surface area contributed by atoms with Crippen molar-refractivity contribution < 1.29 is 18.0 Å². The van der Waals surface area contributed by atoms with Gasteiger partial charge in [-0.2, -0.15) is 0 Å². The van der Waals surface area contributed by atoms with Gasteiger partial charge in [-0.05, 0) is 56.7 Å². The van der Waals surface area contributed by atoms with Crippen LogP contribution >= 0.6 is 0 Å². The van der Waals surface area contributed by atoms with Crippen LogP contribution < -0.4 is 10.6 Å². The molecule has 9 heteroatoms. The first-order chi connectivity index (χ1) is 16.0. The van der Waals surface area contributed by atoms with Gasteiger partial charge in [0.2, 0.25) is 0 Å². The zero-order valence-corrected chi connectivity index (χ0v) is 18.1.